The van der Waals surface area contributed by atoms with Crippen molar-refractivity contribution in [3.05, 3.63) is 35.9 Å². The summed E-state index contributed by atoms with van der Waals surface area (Å²) in [7, 11) is 2.11. The third kappa shape index (κ3) is 4.60. The quantitative estimate of drug-likeness (QED) is 0.767. The number of benzene rings is 1. The van der Waals surface area contributed by atoms with Gasteiger partial charge in [0.1, 0.15) is 0 Å². The summed E-state index contributed by atoms with van der Waals surface area (Å²) in [6, 6.07) is 11.6. The van der Waals surface area contributed by atoms with Crippen LogP contribution in [0.1, 0.15) is 38.2 Å². The van der Waals surface area contributed by atoms with Crippen LogP contribution in [0.3, 0.4) is 0 Å². The second kappa shape index (κ2) is 8.43. The highest BCUT2D eigenvalue weighted by Gasteiger charge is 2.26. The highest BCUT2D eigenvalue weighted by Crippen LogP contribution is 2.20. The van der Waals surface area contributed by atoms with Gasteiger partial charge >= 0.3 is 0 Å². The highest BCUT2D eigenvalue weighted by molar-refractivity contribution is 5.14. The van der Waals surface area contributed by atoms with Crippen LogP contribution in [-0.4, -0.2) is 37.6 Å². The predicted octanol–water partition coefficient (Wildman–Crippen LogP) is 3.33. The number of piperidine rings is 1. The smallest absolute Gasteiger partial charge is 0.0117 e. The Morgan fingerprint density at radius 3 is 2.70 bits per heavy atom. The van der Waals surface area contributed by atoms with E-state index in [9.17, 15) is 0 Å². The lowest BCUT2D eigenvalue weighted by Crippen LogP contribution is -2.48. The lowest BCUT2D eigenvalue weighted by molar-refractivity contribution is 0.137. The van der Waals surface area contributed by atoms with E-state index < -0.39 is 0 Å². The van der Waals surface area contributed by atoms with Crippen LogP contribution in [-0.2, 0) is 6.42 Å². The summed E-state index contributed by atoms with van der Waals surface area (Å²) >= 11 is 0. The molecule has 1 aromatic rings. The molecule has 0 spiro atoms. The maximum absolute atomic E-state index is 3.49. The maximum Gasteiger partial charge on any atom is 0.0117 e. The van der Waals surface area contributed by atoms with E-state index >= 15 is 0 Å². The second-order valence-corrected chi connectivity index (χ2v) is 6.10. The maximum atomic E-state index is 3.49. The molecule has 1 N–H and O–H groups in total. The van der Waals surface area contributed by atoms with Gasteiger partial charge in [0.25, 0.3) is 0 Å². The SMILES string of the molecule is CCC1CN(CCCCc2ccccc2)CCC1NC. The second-order valence-electron chi connectivity index (χ2n) is 6.10. The van der Waals surface area contributed by atoms with Crippen molar-refractivity contribution >= 4 is 0 Å². The van der Waals surface area contributed by atoms with E-state index in [1.165, 1.54) is 57.3 Å². The Balaban J connectivity index is 1.65. The first-order chi connectivity index (χ1) is 9.83. The molecule has 0 bridgehead atoms. The minimum atomic E-state index is 0.737. The van der Waals surface area contributed by atoms with Gasteiger partial charge in [0.2, 0.25) is 0 Å². The minimum Gasteiger partial charge on any atom is -0.317 e. The molecule has 20 heavy (non-hydrogen) atoms. The van der Waals surface area contributed by atoms with Crippen molar-refractivity contribution in [3.63, 3.8) is 0 Å². The van der Waals surface area contributed by atoms with Gasteiger partial charge in [-0.1, -0.05) is 43.7 Å². The lowest BCUT2D eigenvalue weighted by Gasteiger charge is -2.38. The molecule has 0 radical (unpaired) electrons. The van der Waals surface area contributed by atoms with Gasteiger partial charge in [-0.3, -0.25) is 0 Å². The van der Waals surface area contributed by atoms with Crippen molar-refractivity contribution in [1.29, 1.82) is 0 Å². The summed E-state index contributed by atoms with van der Waals surface area (Å²) in [6.45, 7) is 6.16. The van der Waals surface area contributed by atoms with Crippen molar-refractivity contribution < 1.29 is 0 Å². The third-order valence-corrected chi connectivity index (χ3v) is 4.75. The minimum absolute atomic E-state index is 0.737. The normalized spacial score (nSPS) is 23.9. The lowest BCUT2D eigenvalue weighted by atomic mass is 9.90. The molecule has 1 heterocycles. The molecule has 2 rings (SSSR count). The van der Waals surface area contributed by atoms with Crippen LogP contribution < -0.4 is 5.32 Å². The first-order valence-corrected chi connectivity index (χ1v) is 8.27. The first kappa shape index (κ1) is 15.5. The summed E-state index contributed by atoms with van der Waals surface area (Å²) in [5.41, 5.74) is 1.48. The number of likely N-dealkylation sites (tertiary alicyclic amines) is 1. The first-order valence-electron chi connectivity index (χ1n) is 8.27. The molecule has 2 heteroatoms. The van der Waals surface area contributed by atoms with Gasteiger partial charge < -0.3 is 10.2 Å². The zero-order valence-electron chi connectivity index (χ0n) is 13.1. The molecule has 2 atom stereocenters. The van der Waals surface area contributed by atoms with Crippen LogP contribution in [0.2, 0.25) is 0 Å². The van der Waals surface area contributed by atoms with Crippen molar-refractivity contribution in [2.45, 2.75) is 45.1 Å². The number of hydrogen-bond donors (Lipinski definition) is 1. The molecule has 1 aliphatic heterocycles. The molecule has 1 aromatic carbocycles. The Bertz CT molecular complexity index is 363. The van der Waals surface area contributed by atoms with Crippen molar-refractivity contribution in [1.82, 2.24) is 10.2 Å². The average Bonchev–Trinajstić information content (AvgIpc) is 2.52. The number of aryl methyl sites for hydroxylation is 1. The Morgan fingerprint density at radius 1 is 1.20 bits per heavy atom. The fourth-order valence-electron chi connectivity index (χ4n) is 3.41. The Hall–Kier alpha value is -0.860. The largest absolute Gasteiger partial charge is 0.317 e. The number of nitrogens with zero attached hydrogens (tertiary/aromatic N) is 1. The summed E-state index contributed by atoms with van der Waals surface area (Å²) in [5, 5.41) is 3.49. The number of rotatable bonds is 7. The fraction of sp³-hybridized carbons (Fsp3) is 0.667. The molecular weight excluding hydrogens is 244 g/mol. The van der Waals surface area contributed by atoms with Gasteiger partial charge in [0, 0.05) is 12.6 Å². The Labute approximate surface area is 124 Å². The number of hydrogen-bond acceptors (Lipinski definition) is 2. The van der Waals surface area contributed by atoms with Crippen molar-refractivity contribution in [2.75, 3.05) is 26.7 Å². The summed E-state index contributed by atoms with van der Waals surface area (Å²) in [4.78, 5) is 2.67. The van der Waals surface area contributed by atoms with Crippen molar-refractivity contribution in [2.24, 2.45) is 5.92 Å². The van der Waals surface area contributed by atoms with Crippen LogP contribution in [0.4, 0.5) is 0 Å². The van der Waals surface area contributed by atoms with Crippen LogP contribution in [0, 0.1) is 5.92 Å². The van der Waals surface area contributed by atoms with E-state index in [0.29, 0.717) is 0 Å². The molecular formula is C18H30N2. The van der Waals surface area contributed by atoms with Crippen LogP contribution in [0.25, 0.3) is 0 Å². The molecule has 0 aliphatic carbocycles. The average molecular weight is 274 g/mol. The topological polar surface area (TPSA) is 15.3 Å². The van der Waals surface area contributed by atoms with E-state index in [1.807, 2.05) is 0 Å². The molecule has 0 saturated carbocycles. The standard InChI is InChI=1S/C18H30N2/c1-3-17-15-20(14-12-18(17)19-2)13-8-7-11-16-9-5-4-6-10-16/h4-6,9-10,17-19H,3,7-8,11-15H2,1-2H3. The van der Waals surface area contributed by atoms with E-state index in [0.717, 1.165) is 12.0 Å². The van der Waals surface area contributed by atoms with E-state index in [4.69, 9.17) is 0 Å². The molecule has 0 amide bonds. The van der Waals surface area contributed by atoms with Gasteiger partial charge in [0.05, 0.1) is 0 Å². The van der Waals surface area contributed by atoms with Gasteiger partial charge in [-0.15, -0.1) is 0 Å². The number of nitrogens with one attached hydrogen (secondary N) is 1. The molecule has 1 fully saturated rings. The fourth-order valence-corrected chi connectivity index (χ4v) is 3.41. The zero-order valence-corrected chi connectivity index (χ0v) is 13.1. The van der Waals surface area contributed by atoms with Gasteiger partial charge in [-0.05, 0) is 57.3 Å². The van der Waals surface area contributed by atoms with Crippen LogP contribution in [0.5, 0.6) is 0 Å². The highest BCUT2D eigenvalue weighted by atomic mass is 15.1. The zero-order chi connectivity index (χ0) is 14.2. The molecule has 112 valence electrons. The Morgan fingerprint density at radius 2 is 2.00 bits per heavy atom. The van der Waals surface area contributed by atoms with Crippen LogP contribution in [0.15, 0.2) is 30.3 Å². The van der Waals surface area contributed by atoms with Gasteiger partial charge in [-0.2, -0.15) is 0 Å². The monoisotopic (exact) mass is 274 g/mol. The van der Waals surface area contributed by atoms with Crippen molar-refractivity contribution in [3.8, 4) is 0 Å². The van der Waals surface area contributed by atoms with Gasteiger partial charge in [-0.25, -0.2) is 0 Å². The molecule has 2 nitrogen and oxygen atoms in total. The summed E-state index contributed by atoms with van der Waals surface area (Å²) < 4.78 is 0. The summed E-state index contributed by atoms with van der Waals surface area (Å²) in [6.07, 6.45) is 6.48. The molecule has 1 aliphatic rings. The third-order valence-electron chi connectivity index (χ3n) is 4.75. The molecule has 2 unspecified atom stereocenters. The molecule has 0 aromatic heterocycles. The van der Waals surface area contributed by atoms with Crippen LogP contribution >= 0.6 is 0 Å². The van der Waals surface area contributed by atoms with E-state index in [2.05, 4.69) is 54.5 Å². The van der Waals surface area contributed by atoms with E-state index in [-0.39, 0.29) is 0 Å². The predicted molar refractivity (Wildman–Crippen MR) is 87.1 cm³/mol. The number of unbranched alkanes of at least 4 members (excludes halogenated alkanes) is 1. The van der Waals surface area contributed by atoms with E-state index in [1.54, 1.807) is 0 Å². The Kier molecular flexibility index (Phi) is 6.55. The van der Waals surface area contributed by atoms with Gasteiger partial charge in [0.15, 0.2) is 0 Å². The summed E-state index contributed by atoms with van der Waals surface area (Å²) in [5.74, 6) is 0.836. The molecule has 1 saturated heterocycles.